The third kappa shape index (κ3) is 5.70. The van der Waals surface area contributed by atoms with E-state index in [-0.39, 0.29) is 28.5 Å². The molecule has 11 heteroatoms. The van der Waals surface area contributed by atoms with Crippen LogP contribution in [0.1, 0.15) is 18.1 Å². The molecule has 2 aromatic carbocycles. The first-order valence-electron chi connectivity index (χ1n) is 7.95. The number of hydrogen-bond donors (Lipinski definition) is 2. The smallest absolute Gasteiger partial charge is 0.422 e. The molecule has 148 valence electrons. The summed E-state index contributed by atoms with van der Waals surface area (Å²) in [7, 11) is -7.99. The molecule has 0 aliphatic carbocycles. The average molecular weight is 423 g/mol. The molecular weight excluding hydrogens is 406 g/mol. The monoisotopic (exact) mass is 423 g/mol. The largest absolute Gasteiger partial charge is 0.444 e. The zero-order valence-electron chi connectivity index (χ0n) is 14.7. The number of ether oxygens (including phenoxy) is 1. The van der Waals surface area contributed by atoms with Crippen molar-refractivity contribution in [3.05, 3.63) is 59.7 Å². The summed E-state index contributed by atoms with van der Waals surface area (Å²) in [6, 6.07) is 13.8. The maximum atomic E-state index is 12.0. The third-order valence-corrected chi connectivity index (χ3v) is 6.22. The van der Waals surface area contributed by atoms with Gasteiger partial charge in [-0.05, 0) is 23.8 Å². The fraction of sp³-hybridized carbons (Fsp3) is 0.176. The fourth-order valence-corrected chi connectivity index (χ4v) is 3.94. The van der Waals surface area contributed by atoms with E-state index in [1.54, 1.807) is 41.1 Å². The SMILES string of the molecule is CCS(=O)(=O)c1ccc(NS(=O)(=O)NC(=O)OCc2ccccc2)cc1C#N. The molecule has 1 amide bonds. The summed E-state index contributed by atoms with van der Waals surface area (Å²) in [5.41, 5.74) is 0.373. The highest BCUT2D eigenvalue weighted by atomic mass is 32.2. The van der Waals surface area contributed by atoms with Crippen molar-refractivity contribution >= 4 is 31.8 Å². The number of nitrogens with zero attached hydrogens (tertiary/aromatic N) is 1. The molecule has 0 spiro atoms. The molecule has 0 saturated carbocycles. The number of hydrogen-bond acceptors (Lipinski definition) is 7. The van der Waals surface area contributed by atoms with Gasteiger partial charge in [-0.1, -0.05) is 37.3 Å². The minimum atomic E-state index is -4.35. The van der Waals surface area contributed by atoms with Crippen LogP contribution in [0.5, 0.6) is 0 Å². The summed E-state index contributed by atoms with van der Waals surface area (Å²) in [5, 5.41) is 9.14. The number of benzene rings is 2. The highest BCUT2D eigenvalue weighted by Gasteiger charge is 2.20. The number of amides is 1. The van der Waals surface area contributed by atoms with Gasteiger partial charge in [-0.15, -0.1) is 0 Å². The van der Waals surface area contributed by atoms with E-state index in [1.807, 2.05) is 4.72 Å². The van der Waals surface area contributed by atoms with Crippen LogP contribution in [0.2, 0.25) is 0 Å². The number of carbonyl (C=O) groups is 1. The first-order valence-corrected chi connectivity index (χ1v) is 11.1. The molecule has 0 atom stereocenters. The lowest BCUT2D eigenvalue weighted by molar-refractivity contribution is 0.146. The lowest BCUT2D eigenvalue weighted by Crippen LogP contribution is -2.35. The topological polar surface area (TPSA) is 142 Å². The molecule has 0 unspecified atom stereocenters. The number of anilines is 1. The van der Waals surface area contributed by atoms with E-state index in [4.69, 9.17) is 10.00 Å². The minimum Gasteiger partial charge on any atom is -0.444 e. The third-order valence-electron chi connectivity index (χ3n) is 3.50. The van der Waals surface area contributed by atoms with Crippen LogP contribution in [-0.4, -0.2) is 28.7 Å². The predicted octanol–water partition coefficient (Wildman–Crippen LogP) is 1.93. The van der Waals surface area contributed by atoms with Crippen molar-refractivity contribution in [2.45, 2.75) is 18.4 Å². The molecule has 0 fully saturated rings. The van der Waals surface area contributed by atoms with Crippen molar-refractivity contribution in [1.29, 1.82) is 5.26 Å². The second kappa shape index (κ2) is 8.73. The number of nitriles is 1. The van der Waals surface area contributed by atoms with E-state index < -0.39 is 26.1 Å². The van der Waals surface area contributed by atoms with Gasteiger partial charge in [0.25, 0.3) is 0 Å². The molecule has 0 aromatic heterocycles. The molecule has 0 saturated heterocycles. The zero-order valence-corrected chi connectivity index (χ0v) is 16.4. The number of rotatable bonds is 7. The Morgan fingerprint density at radius 1 is 1.11 bits per heavy atom. The molecule has 2 N–H and O–H groups in total. The van der Waals surface area contributed by atoms with Gasteiger partial charge in [0, 0.05) is 0 Å². The number of nitrogens with one attached hydrogen (secondary N) is 2. The van der Waals surface area contributed by atoms with Crippen molar-refractivity contribution in [3.8, 4) is 6.07 Å². The predicted molar refractivity (Wildman–Crippen MR) is 101 cm³/mol. The zero-order chi connectivity index (χ0) is 20.8. The van der Waals surface area contributed by atoms with Crippen LogP contribution in [0.25, 0.3) is 0 Å². The molecule has 0 aliphatic heterocycles. The highest BCUT2D eigenvalue weighted by Crippen LogP contribution is 2.21. The summed E-state index contributed by atoms with van der Waals surface area (Å²) >= 11 is 0. The Balaban J connectivity index is 2.07. The average Bonchev–Trinajstić information content (AvgIpc) is 2.66. The van der Waals surface area contributed by atoms with Crippen molar-refractivity contribution in [2.75, 3.05) is 10.5 Å². The second-order valence-electron chi connectivity index (χ2n) is 5.50. The van der Waals surface area contributed by atoms with Crippen molar-refractivity contribution in [1.82, 2.24) is 4.72 Å². The normalized spacial score (nSPS) is 11.3. The van der Waals surface area contributed by atoms with Gasteiger partial charge in [0.05, 0.1) is 21.9 Å². The van der Waals surface area contributed by atoms with Gasteiger partial charge in [-0.3, -0.25) is 4.72 Å². The van der Waals surface area contributed by atoms with Gasteiger partial charge >= 0.3 is 16.3 Å². The molecule has 2 rings (SSSR count). The number of sulfone groups is 1. The summed E-state index contributed by atoms with van der Waals surface area (Å²) in [5.74, 6) is -0.207. The second-order valence-corrected chi connectivity index (χ2v) is 9.16. The van der Waals surface area contributed by atoms with Gasteiger partial charge < -0.3 is 4.74 Å². The van der Waals surface area contributed by atoms with Crippen molar-refractivity contribution in [2.24, 2.45) is 0 Å². The van der Waals surface area contributed by atoms with Crippen LogP contribution >= 0.6 is 0 Å². The molecule has 0 aliphatic rings. The fourth-order valence-electron chi connectivity index (χ4n) is 2.15. The van der Waals surface area contributed by atoms with Gasteiger partial charge in [-0.2, -0.15) is 13.7 Å². The first kappa shape index (κ1) is 21.2. The molecule has 0 radical (unpaired) electrons. The van der Waals surface area contributed by atoms with Crippen LogP contribution in [0.15, 0.2) is 53.4 Å². The van der Waals surface area contributed by atoms with E-state index >= 15 is 0 Å². The Morgan fingerprint density at radius 2 is 1.79 bits per heavy atom. The standard InChI is InChI=1S/C17H17N3O6S2/c1-2-27(22,23)16-9-8-15(10-14(16)11-18)19-28(24,25)20-17(21)26-12-13-6-4-3-5-7-13/h3-10,19H,2,12H2,1H3,(H,20,21). The quantitative estimate of drug-likeness (QED) is 0.693. The van der Waals surface area contributed by atoms with Crippen LogP contribution in [0.4, 0.5) is 10.5 Å². The Labute approximate surface area is 163 Å². The molecule has 9 nitrogen and oxygen atoms in total. The molecular formula is C17H17N3O6S2. The highest BCUT2D eigenvalue weighted by molar-refractivity contribution is 7.91. The Morgan fingerprint density at radius 3 is 2.39 bits per heavy atom. The Kier molecular flexibility index (Phi) is 6.61. The van der Waals surface area contributed by atoms with E-state index in [0.29, 0.717) is 5.56 Å². The Bertz CT molecular complexity index is 1110. The van der Waals surface area contributed by atoms with E-state index in [1.165, 1.54) is 13.0 Å². The summed E-state index contributed by atoms with van der Waals surface area (Å²) in [6.07, 6.45) is -1.19. The van der Waals surface area contributed by atoms with Crippen LogP contribution in [0.3, 0.4) is 0 Å². The van der Waals surface area contributed by atoms with Crippen LogP contribution < -0.4 is 9.44 Å². The summed E-state index contributed by atoms with van der Waals surface area (Å²) in [6.45, 7) is 1.31. The maximum absolute atomic E-state index is 12.0. The summed E-state index contributed by atoms with van der Waals surface area (Å²) in [4.78, 5) is 11.5. The number of carbonyl (C=O) groups excluding carboxylic acids is 1. The van der Waals surface area contributed by atoms with Gasteiger partial charge in [-0.25, -0.2) is 17.9 Å². The van der Waals surface area contributed by atoms with Gasteiger partial charge in [0.15, 0.2) is 9.84 Å². The van der Waals surface area contributed by atoms with E-state index in [2.05, 4.69) is 0 Å². The van der Waals surface area contributed by atoms with Crippen LogP contribution in [0, 0.1) is 11.3 Å². The van der Waals surface area contributed by atoms with Gasteiger partial charge in [0.1, 0.15) is 12.7 Å². The molecule has 28 heavy (non-hydrogen) atoms. The first-order chi connectivity index (χ1) is 13.2. The Hall–Kier alpha value is -3.10. The van der Waals surface area contributed by atoms with Crippen molar-refractivity contribution < 1.29 is 26.4 Å². The van der Waals surface area contributed by atoms with E-state index in [0.717, 1.165) is 12.1 Å². The van der Waals surface area contributed by atoms with Crippen LogP contribution in [-0.2, 0) is 31.4 Å². The molecule has 0 bridgehead atoms. The van der Waals surface area contributed by atoms with Gasteiger partial charge in [0.2, 0.25) is 0 Å². The van der Waals surface area contributed by atoms with Crippen molar-refractivity contribution in [3.63, 3.8) is 0 Å². The summed E-state index contributed by atoms with van der Waals surface area (Å²) < 4.78 is 56.5. The molecule has 2 aromatic rings. The minimum absolute atomic E-state index is 0.0880. The lowest BCUT2D eigenvalue weighted by atomic mass is 10.2. The molecule has 0 heterocycles. The van der Waals surface area contributed by atoms with E-state index in [9.17, 15) is 21.6 Å². The lowest BCUT2D eigenvalue weighted by Gasteiger charge is -2.11. The maximum Gasteiger partial charge on any atom is 0.422 e.